The van der Waals surface area contributed by atoms with Crippen molar-refractivity contribution in [3.05, 3.63) is 29.3 Å². The Morgan fingerprint density at radius 2 is 2.15 bits per heavy atom. The lowest BCUT2D eigenvalue weighted by Gasteiger charge is -2.39. The Balaban J connectivity index is 1.73. The third kappa shape index (κ3) is 2.99. The van der Waals surface area contributed by atoms with Gasteiger partial charge in [-0.3, -0.25) is 0 Å². The fourth-order valence-electron chi connectivity index (χ4n) is 3.63. The van der Waals surface area contributed by atoms with E-state index in [0.29, 0.717) is 17.8 Å². The van der Waals surface area contributed by atoms with Gasteiger partial charge in [-0.15, -0.1) is 0 Å². The molecule has 3 nitrogen and oxygen atoms in total. The van der Waals surface area contributed by atoms with Crippen molar-refractivity contribution in [2.75, 3.05) is 6.61 Å². The molecular weight excluding hydrogens is 250 g/mol. The standard InChI is InChI=1S/C17H25NO2/c1-17(2)11-13(8-9-20-17)18-16-5-3-4-12-10-14(19)6-7-15(12)16/h6-7,10,13,16,18-19H,3-5,8-9,11H2,1-2H3. The van der Waals surface area contributed by atoms with Gasteiger partial charge in [0, 0.05) is 18.7 Å². The lowest BCUT2D eigenvalue weighted by molar-refractivity contribution is -0.0644. The first-order valence-electron chi connectivity index (χ1n) is 7.75. The number of nitrogens with one attached hydrogen (secondary N) is 1. The molecule has 2 atom stereocenters. The first-order valence-corrected chi connectivity index (χ1v) is 7.75. The van der Waals surface area contributed by atoms with Crippen molar-refractivity contribution >= 4 is 0 Å². The van der Waals surface area contributed by atoms with Crippen molar-refractivity contribution in [3.63, 3.8) is 0 Å². The van der Waals surface area contributed by atoms with Crippen LogP contribution in [-0.4, -0.2) is 23.4 Å². The van der Waals surface area contributed by atoms with Crippen molar-refractivity contribution < 1.29 is 9.84 Å². The van der Waals surface area contributed by atoms with E-state index in [1.54, 1.807) is 0 Å². The van der Waals surface area contributed by atoms with Gasteiger partial charge in [-0.1, -0.05) is 6.07 Å². The fraction of sp³-hybridized carbons (Fsp3) is 0.647. The number of ether oxygens (including phenoxy) is 1. The number of rotatable bonds is 2. The quantitative estimate of drug-likeness (QED) is 0.870. The fourth-order valence-corrected chi connectivity index (χ4v) is 3.63. The van der Waals surface area contributed by atoms with Gasteiger partial charge in [0.25, 0.3) is 0 Å². The molecule has 0 bridgehead atoms. The highest BCUT2D eigenvalue weighted by Gasteiger charge is 2.31. The smallest absolute Gasteiger partial charge is 0.115 e. The molecule has 0 amide bonds. The lowest BCUT2D eigenvalue weighted by atomic mass is 9.85. The minimum Gasteiger partial charge on any atom is -0.508 e. The Morgan fingerprint density at radius 3 is 2.95 bits per heavy atom. The molecule has 1 aromatic rings. The zero-order valence-electron chi connectivity index (χ0n) is 12.5. The van der Waals surface area contributed by atoms with Gasteiger partial charge in [0.15, 0.2) is 0 Å². The normalized spacial score (nSPS) is 28.9. The summed E-state index contributed by atoms with van der Waals surface area (Å²) in [6.07, 6.45) is 5.63. The van der Waals surface area contributed by atoms with Crippen molar-refractivity contribution in [1.29, 1.82) is 0 Å². The second kappa shape index (κ2) is 5.38. The number of fused-ring (bicyclic) bond motifs is 1. The van der Waals surface area contributed by atoms with E-state index in [4.69, 9.17) is 4.74 Å². The summed E-state index contributed by atoms with van der Waals surface area (Å²) in [6.45, 7) is 5.20. The van der Waals surface area contributed by atoms with E-state index in [9.17, 15) is 5.11 Å². The number of benzene rings is 1. The number of hydrogen-bond acceptors (Lipinski definition) is 3. The van der Waals surface area contributed by atoms with Crippen molar-refractivity contribution in [2.24, 2.45) is 0 Å². The zero-order chi connectivity index (χ0) is 14.2. The average molecular weight is 275 g/mol. The Hall–Kier alpha value is -1.06. The van der Waals surface area contributed by atoms with E-state index in [1.807, 2.05) is 12.1 Å². The summed E-state index contributed by atoms with van der Waals surface area (Å²) < 4.78 is 5.80. The second-order valence-electron chi connectivity index (χ2n) is 6.79. The highest BCUT2D eigenvalue weighted by molar-refractivity contribution is 5.38. The molecule has 1 aromatic carbocycles. The molecule has 0 radical (unpaired) electrons. The summed E-state index contributed by atoms with van der Waals surface area (Å²) in [5.74, 6) is 0.386. The largest absolute Gasteiger partial charge is 0.508 e. The number of aromatic hydroxyl groups is 1. The van der Waals surface area contributed by atoms with Gasteiger partial charge in [-0.2, -0.15) is 0 Å². The van der Waals surface area contributed by atoms with Gasteiger partial charge in [0.1, 0.15) is 5.75 Å². The van der Waals surface area contributed by atoms with Crippen molar-refractivity contribution in [1.82, 2.24) is 5.32 Å². The molecule has 110 valence electrons. The highest BCUT2D eigenvalue weighted by atomic mass is 16.5. The molecular formula is C17H25NO2. The molecule has 1 aliphatic heterocycles. The predicted molar refractivity (Wildman–Crippen MR) is 80.0 cm³/mol. The monoisotopic (exact) mass is 275 g/mol. The van der Waals surface area contributed by atoms with Crippen LogP contribution in [0.2, 0.25) is 0 Å². The molecule has 1 fully saturated rings. The summed E-state index contributed by atoms with van der Waals surface area (Å²) in [5, 5.41) is 13.5. The van der Waals surface area contributed by atoms with E-state index in [1.165, 1.54) is 24.0 Å². The van der Waals surface area contributed by atoms with Gasteiger partial charge in [-0.25, -0.2) is 0 Å². The Labute approximate surface area is 121 Å². The van der Waals surface area contributed by atoms with E-state index < -0.39 is 0 Å². The van der Waals surface area contributed by atoms with Crippen LogP contribution in [0.15, 0.2) is 18.2 Å². The van der Waals surface area contributed by atoms with E-state index in [2.05, 4.69) is 25.2 Å². The molecule has 2 aliphatic rings. The molecule has 3 rings (SSSR count). The van der Waals surface area contributed by atoms with Crippen LogP contribution in [0.1, 0.15) is 56.7 Å². The molecule has 1 saturated heterocycles. The maximum Gasteiger partial charge on any atom is 0.115 e. The van der Waals surface area contributed by atoms with Crippen LogP contribution in [0.4, 0.5) is 0 Å². The maximum atomic E-state index is 9.63. The highest BCUT2D eigenvalue weighted by Crippen LogP contribution is 2.34. The molecule has 20 heavy (non-hydrogen) atoms. The third-order valence-corrected chi connectivity index (χ3v) is 4.57. The van der Waals surface area contributed by atoms with Crippen LogP contribution < -0.4 is 5.32 Å². The van der Waals surface area contributed by atoms with Crippen LogP contribution in [-0.2, 0) is 11.2 Å². The summed E-state index contributed by atoms with van der Waals surface area (Å²) in [6, 6.07) is 6.79. The molecule has 3 heteroatoms. The molecule has 2 N–H and O–H groups in total. The zero-order valence-corrected chi connectivity index (χ0v) is 12.5. The van der Waals surface area contributed by atoms with Crippen molar-refractivity contribution in [3.8, 4) is 5.75 Å². The summed E-state index contributed by atoms with van der Waals surface area (Å²) >= 11 is 0. The summed E-state index contributed by atoms with van der Waals surface area (Å²) in [7, 11) is 0. The maximum absolute atomic E-state index is 9.63. The molecule has 0 spiro atoms. The van der Waals surface area contributed by atoms with Gasteiger partial charge >= 0.3 is 0 Å². The number of aryl methyl sites for hydroxylation is 1. The van der Waals surface area contributed by atoms with Crippen LogP contribution >= 0.6 is 0 Å². The van der Waals surface area contributed by atoms with E-state index >= 15 is 0 Å². The summed E-state index contributed by atoms with van der Waals surface area (Å²) in [4.78, 5) is 0. The molecule has 1 heterocycles. The van der Waals surface area contributed by atoms with Crippen LogP contribution in [0.3, 0.4) is 0 Å². The SMILES string of the molecule is CC1(C)CC(NC2CCCc3cc(O)ccc32)CCO1. The van der Waals surface area contributed by atoms with Crippen LogP contribution in [0, 0.1) is 0 Å². The predicted octanol–water partition coefficient (Wildman–Crippen LogP) is 3.32. The van der Waals surface area contributed by atoms with Gasteiger partial charge < -0.3 is 15.2 Å². The van der Waals surface area contributed by atoms with Crippen LogP contribution in [0.25, 0.3) is 0 Å². The minimum atomic E-state index is -0.0115. The Kier molecular flexibility index (Phi) is 3.74. The first-order chi connectivity index (χ1) is 9.53. The minimum absolute atomic E-state index is 0.0115. The number of phenols is 1. The number of phenolic OH excluding ortho intramolecular Hbond substituents is 1. The van der Waals surface area contributed by atoms with Gasteiger partial charge in [-0.05, 0) is 69.2 Å². The van der Waals surface area contributed by atoms with Gasteiger partial charge in [0.2, 0.25) is 0 Å². The molecule has 0 aromatic heterocycles. The Bertz CT molecular complexity index is 484. The first kappa shape index (κ1) is 13.9. The lowest BCUT2D eigenvalue weighted by Crippen LogP contribution is -2.45. The molecule has 0 saturated carbocycles. The third-order valence-electron chi connectivity index (χ3n) is 4.57. The Morgan fingerprint density at radius 1 is 1.30 bits per heavy atom. The van der Waals surface area contributed by atoms with E-state index in [-0.39, 0.29) is 5.60 Å². The molecule has 2 unspecified atom stereocenters. The number of hydrogen-bond donors (Lipinski definition) is 2. The van der Waals surface area contributed by atoms with Crippen molar-refractivity contribution in [2.45, 2.75) is 63.6 Å². The topological polar surface area (TPSA) is 41.5 Å². The summed E-state index contributed by atoms with van der Waals surface area (Å²) in [5.41, 5.74) is 2.67. The van der Waals surface area contributed by atoms with E-state index in [0.717, 1.165) is 25.9 Å². The second-order valence-corrected chi connectivity index (χ2v) is 6.79. The average Bonchev–Trinajstić information content (AvgIpc) is 2.37. The van der Waals surface area contributed by atoms with Crippen LogP contribution in [0.5, 0.6) is 5.75 Å². The van der Waals surface area contributed by atoms with Gasteiger partial charge in [0.05, 0.1) is 5.60 Å². The molecule has 1 aliphatic carbocycles.